The Bertz CT molecular complexity index is 234. The molecule has 0 spiro atoms. The Kier molecular flexibility index (Phi) is 4.45. The normalized spacial score (nSPS) is 27.0. The van der Waals surface area contributed by atoms with Gasteiger partial charge in [0.05, 0.1) is 6.61 Å². The van der Waals surface area contributed by atoms with Crippen LogP contribution < -0.4 is 5.32 Å². The van der Waals surface area contributed by atoms with Crippen molar-refractivity contribution in [1.29, 1.82) is 0 Å². The van der Waals surface area contributed by atoms with Crippen LogP contribution in [0.25, 0.3) is 0 Å². The zero-order valence-corrected chi connectivity index (χ0v) is 11.4. The van der Waals surface area contributed by atoms with Crippen LogP contribution in [-0.4, -0.2) is 47.8 Å². The standard InChI is InChI=1S/C14H28N2O/c1-12-5-8-16(9-6-12)10-7-14(2,11-17)15-13-3-4-13/h12-13,15,17H,3-11H2,1-2H3. The lowest BCUT2D eigenvalue weighted by Crippen LogP contribution is -2.49. The molecular formula is C14H28N2O. The van der Waals surface area contributed by atoms with Crippen molar-refractivity contribution < 1.29 is 5.11 Å². The molecule has 0 aromatic carbocycles. The number of piperidine rings is 1. The van der Waals surface area contributed by atoms with E-state index in [0.29, 0.717) is 6.04 Å². The van der Waals surface area contributed by atoms with Crippen molar-refractivity contribution in [3.8, 4) is 0 Å². The highest BCUT2D eigenvalue weighted by Crippen LogP contribution is 2.24. The number of rotatable bonds is 6. The van der Waals surface area contributed by atoms with Gasteiger partial charge >= 0.3 is 0 Å². The van der Waals surface area contributed by atoms with Crippen LogP contribution >= 0.6 is 0 Å². The van der Waals surface area contributed by atoms with Crippen molar-refractivity contribution in [1.82, 2.24) is 10.2 Å². The molecule has 1 unspecified atom stereocenters. The van der Waals surface area contributed by atoms with E-state index in [-0.39, 0.29) is 12.1 Å². The molecule has 1 saturated carbocycles. The van der Waals surface area contributed by atoms with Gasteiger partial charge in [0.25, 0.3) is 0 Å². The second-order valence-electron chi connectivity index (χ2n) is 6.41. The highest BCUT2D eigenvalue weighted by Gasteiger charge is 2.32. The molecule has 1 heterocycles. The Morgan fingerprint density at radius 2 is 1.88 bits per heavy atom. The summed E-state index contributed by atoms with van der Waals surface area (Å²) in [6.45, 7) is 8.39. The summed E-state index contributed by atoms with van der Waals surface area (Å²) in [6.07, 6.45) is 6.32. The van der Waals surface area contributed by atoms with E-state index in [0.717, 1.165) is 18.9 Å². The van der Waals surface area contributed by atoms with E-state index >= 15 is 0 Å². The van der Waals surface area contributed by atoms with Gasteiger partial charge < -0.3 is 15.3 Å². The lowest BCUT2D eigenvalue weighted by molar-refractivity contribution is 0.128. The smallest absolute Gasteiger partial charge is 0.0611 e. The maximum Gasteiger partial charge on any atom is 0.0611 e. The number of nitrogens with zero attached hydrogens (tertiary/aromatic N) is 1. The van der Waals surface area contributed by atoms with Crippen LogP contribution in [-0.2, 0) is 0 Å². The molecule has 1 aliphatic heterocycles. The molecule has 0 bridgehead atoms. The fourth-order valence-electron chi connectivity index (χ4n) is 2.61. The molecule has 100 valence electrons. The predicted octanol–water partition coefficient (Wildman–Crippen LogP) is 1.61. The second kappa shape index (κ2) is 5.68. The highest BCUT2D eigenvalue weighted by atomic mass is 16.3. The predicted molar refractivity (Wildman–Crippen MR) is 71.1 cm³/mol. The molecule has 0 aromatic heterocycles. The van der Waals surface area contributed by atoms with Gasteiger partial charge in [-0.25, -0.2) is 0 Å². The third-order valence-corrected chi connectivity index (χ3v) is 4.33. The number of hydrogen-bond acceptors (Lipinski definition) is 3. The molecule has 17 heavy (non-hydrogen) atoms. The minimum absolute atomic E-state index is 0.0652. The Labute approximate surface area is 106 Å². The van der Waals surface area contributed by atoms with E-state index < -0.39 is 0 Å². The van der Waals surface area contributed by atoms with Crippen molar-refractivity contribution in [2.24, 2.45) is 5.92 Å². The summed E-state index contributed by atoms with van der Waals surface area (Å²) in [6, 6.07) is 0.675. The maximum atomic E-state index is 9.55. The number of likely N-dealkylation sites (tertiary alicyclic amines) is 1. The van der Waals surface area contributed by atoms with Crippen LogP contribution in [0.3, 0.4) is 0 Å². The fraction of sp³-hybridized carbons (Fsp3) is 1.00. The van der Waals surface area contributed by atoms with E-state index in [1.807, 2.05) is 0 Å². The number of aliphatic hydroxyl groups excluding tert-OH is 1. The van der Waals surface area contributed by atoms with Crippen LogP contribution in [0.15, 0.2) is 0 Å². The van der Waals surface area contributed by atoms with E-state index in [2.05, 4.69) is 24.1 Å². The zero-order valence-electron chi connectivity index (χ0n) is 11.4. The lowest BCUT2D eigenvalue weighted by atomic mass is 9.95. The minimum Gasteiger partial charge on any atom is -0.394 e. The van der Waals surface area contributed by atoms with Crippen molar-refractivity contribution in [2.75, 3.05) is 26.2 Å². The molecule has 1 aliphatic carbocycles. The summed E-state index contributed by atoms with van der Waals surface area (Å²) in [7, 11) is 0. The first-order chi connectivity index (χ1) is 8.11. The largest absolute Gasteiger partial charge is 0.394 e. The van der Waals surface area contributed by atoms with Gasteiger partial charge in [0, 0.05) is 11.6 Å². The van der Waals surface area contributed by atoms with Crippen molar-refractivity contribution in [2.45, 2.75) is 57.5 Å². The summed E-state index contributed by atoms with van der Waals surface area (Å²) in [5.41, 5.74) is -0.0652. The first-order valence-electron chi connectivity index (χ1n) is 7.22. The average Bonchev–Trinajstić information content (AvgIpc) is 3.12. The molecule has 1 saturated heterocycles. The first kappa shape index (κ1) is 13.3. The van der Waals surface area contributed by atoms with Gasteiger partial charge in [-0.1, -0.05) is 6.92 Å². The van der Waals surface area contributed by atoms with Crippen LogP contribution in [0, 0.1) is 5.92 Å². The zero-order chi connectivity index (χ0) is 12.3. The third kappa shape index (κ3) is 4.23. The summed E-state index contributed by atoms with van der Waals surface area (Å²) < 4.78 is 0. The van der Waals surface area contributed by atoms with Gasteiger partial charge in [0.2, 0.25) is 0 Å². The van der Waals surface area contributed by atoms with Gasteiger partial charge in [-0.3, -0.25) is 0 Å². The van der Waals surface area contributed by atoms with Gasteiger partial charge in [-0.2, -0.15) is 0 Å². The van der Waals surface area contributed by atoms with E-state index in [9.17, 15) is 5.11 Å². The Hall–Kier alpha value is -0.120. The molecule has 2 N–H and O–H groups in total. The first-order valence-corrected chi connectivity index (χ1v) is 7.22. The molecule has 0 amide bonds. The fourth-order valence-corrected chi connectivity index (χ4v) is 2.61. The molecule has 3 nitrogen and oxygen atoms in total. The topological polar surface area (TPSA) is 35.5 Å². The lowest BCUT2D eigenvalue weighted by Gasteiger charge is -2.35. The number of nitrogens with one attached hydrogen (secondary N) is 1. The SMILES string of the molecule is CC1CCN(CCC(C)(CO)NC2CC2)CC1. The van der Waals surface area contributed by atoms with Gasteiger partial charge in [-0.15, -0.1) is 0 Å². The third-order valence-electron chi connectivity index (χ3n) is 4.33. The molecule has 2 fully saturated rings. The highest BCUT2D eigenvalue weighted by molar-refractivity contribution is 4.92. The molecule has 2 rings (SSSR count). The number of aliphatic hydroxyl groups is 1. The molecule has 2 aliphatic rings. The van der Waals surface area contributed by atoms with E-state index in [4.69, 9.17) is 0 Å². The van der Waals surface area contributed by atoms with Crippen molar-refractivity contribution >= 4 is 0 Å². The van der Waals surface area contributed by atoms with Gasteiger partial charge in [0.15, 0.2) is 0 Å². The van der Waals surface area contributed by atoms with Crippen LogP contribution in [0.5, 0.6) is 0 Å². The molecule has 3 heteroatoms. The van der Waals surface area contributed by atoms with E-state index in [1.165, 1.54) is 38.8 Å². The number of hydrogen-bond donors (Lipinski definition) is 2. The maximum absolute atomic E-state index is 9.55. The molecule has 0 radical (unpaired) electrons. The summed E-state index contributed by atoms with van der Waals surface area (Å²) in [5.74, 6) is 0.903. The van der Waals surface area contributed by atoms with Crippen LogP contribution in [0.4, 0.5) is 0 Å². The van der Waals surface area contributed by atoms with Crippen molar-refractivity contribution in [3.05, 3.63) is 0 Å². The van der Waals surface area contributed by atoms with Crippen LogP contribution in [0.1, 0.15) is 46.0 Å². The Morgan fingerprint density at radius 1 is 1.24 bits per heavy atom. The van der Waals surface area contributed by atoms with Crippen LogP contribution in [0.2, 0.25) is 0 Å². The Morgan fingerprint density at radius 3 is 2.41 bits per heavy atom. The summed E-state index contributed by atoms with van der Waals surface area (Å²) in [4.78, 5) is 2.56. The quantitative estimate of drug-likeness (QED) is 0.740. The summed E-state index contributed by atoms with van der Waals surface area (Å²) >= 11 is 0. The summed E-state index contributed by atoms with van der Waals surface area (Å²) in [5, 5.41) is 13.1. The molecule has 1 atom stereocenters. The Balaban J connectivity index is 1.71. The van der Waals surface area contributed by atoms with Crippen molar-refractivity contribution in [3.63, 3.8) is 0 Å². The second-order valence-corrected chi connectivity index (χ2v) is 6.41. The molecular weight excluding hydrogens is 212 g/mol. The monoisotopic (exact) mass is 240 g/mol. The van der Waals surface area contributed by atoms with Gasteiger partial charge in [-0.05, 0) is 64.6 Å². The van der Waals surface area contributed by atoms with Gasteiger partial charge in [0.1, 0.15) is 0 Å². The minimum atomic E-state index is -0.0652. The molecule has 0 aromatic rings. The van der Waals surface area contributed by atoms with E-state index in [1.54, 1.807) is 0 Å². The average molecular weight is 240 g/mol.